The van der Waals surface area contributed by atoms with Crippen LogP contribution in [0, 0.1) is 12.8 Å². The third-order valence-electron chi connectivity index (χ3n) is 10.6. The van der Waals surface area contributed by atoms with Crippen LogP contribution < -0.4 is 4.74 Å². The molecule has 7 rings (SSSR count). The Bertz CT molecular complexity index is 2380. The molecule has 3 heterocycles. The minimum Gasteiger partial charge on any atom is -0.479 e. The number of benzene rings is 2. The molecule has 3 aromatic heterocycles. The molecule has 1 fully saturated rings. The molecule has 11 nitrogen and oxygen atoms in total. The van der Waals surface area contributed by atoms with Crippen molar-refractivity contribution < 1.29 is 32.2 Å². The maximum Gasteiger partial charge on any atom is 0.268 e. The number of methoxy groups -OCH3 is 2. The van der Waals surface area contributed by atoms with E-state index in [1.807, 2.05) is 36.7 Å². The number of halogens is 1. The van der Waals surface area contributed by atoms with Gasteiger partial charge in [-0.1, -0.05) is 66.3 Å². The lowest BCUT2D eigenvalue weighted by atomic mass is 9.62. The Hall–Kier alpha value is -3.95. The number of carbonyl (C=O) groups is 2. The summed E-state index contributed by atoms with van der Waals surface area (Å²) in [6.45, 7) is 11.4. The van der Waals surface area contributed by atoms with Gasteiger partial charge in [0, 0.05) is 67.5 Å². The van der Waals surface area contributed by atoms with Crippen molar-refractivity contribution in [2.75, 3.05) is 20.8 Å². The van der Waals surface area contributed by atoms with Crippen LogP contribution in [0.2, 0.25) is 25.7 Å². The van der Waals surface area contributed by atoms with Gasteiger partial charge >= 0.3 is 0 Å². The maximum absolute atomic E-state index is 14.3. The molecule has 0 radical (unpaired) electrons. The number of hydrogen-bond donors (Lipinski definition) is 0. The van der Waals surface area contributed by atoms with Crippen LogP contribution in [0.15, 0.2) is 70.4 Å². The highest BCUT2D eigenvalue weighted by Crippen LogP contribution is 2.52. The van der Waals surface area contributed by atoms with Gasteiger partial charge in [0.15, 0.2) is 0 Å². The summed E-state index contributed by atoms with van der Waals surface area (Å²) in [5.74, 6) is -0.724. The van der Waals surface area contributed by atoms with Crippen LogP contribution >= 0.6 is 15.9 Å². The average Bonchev–Trinajstić information content (AvgIpc) is 3.69. The number of Topliss-reactive ketones (excluding diaryl/α,β-unsaturated/α-hetero) is 2. The van der Waals surface area contributed by atoms with Crippen molar-refractivity contribution in [2.45, 2.75) is 75.5 Å². The van der Waals surface area contributed by atoms with Crippen molar-refractivity contribution in [1.82, 2.24) is 18.5 Å². The van der Waals surface area contributed by atoms with Gasteiger partial charge in [0.05, 0.1) is 35.1 Å². The molecule has 0 aliphatic heterocycles. The number of ketones is 2. The van der Waals surface area contributed by atoms with E-state index in [-0.39, 0.29) is 47.3 Å². The van der Waals surface area contributed by atoms with Crippen molar-refractivity contribution in [3.05, 3.63) is 82.3 Å². The lowest BCUT2D eigenvalue weighted by Crippen LogP contribution is -2.53. The fraction of sp³-hybridized carbons (Fsp3) is 0.385. The highest BCUT2D eigenvalue weighted by molar-refractivity contribution is 9.10. The molecule has 2 aromatic carbocycles. The highest BCUT2D eigenvalue weighted by Gasteiger charge is 2.56. The van der Waals surface area contributed by atoms with Gasteiger partial charge in [-0.3, -0.25) is 9.59 Å². The third-order valence-corrected chi connectivity index (χ3v) is 14.5. The standard InChI is InChI=1S/C39H43BrN4O7SSi/c1-23-8-11-26(12-9-23)52(47,48)44-21-29(27-13-10-25(40)16-32(27)44)35-38(49-3)42-31(19-41-35)30-20-43(22-51-14-15-53(5,6)7)36-34(30)28-17-39(50-4,37(36)46)18-33(45)24(28)2/h8-13,16,19-21,24,28H,14-15,17-18,22H2,1-7H3/t24-,28-,39-/m1/s1. The van der Waals surface area contributed by atoms with E-state index in [1.54, 1.807) is 42.7 Å². The van der Waals surface area contributed by atoms with Gasteiger partial charge in [-0.25, -0.2) is 22.4 Å². The first kappa shape index (κ1) is 37.4. The second kappa shape index (κ2) is 13.7. The van der Waals surface area contributed by atoms with E-state index in [2.05, 4.69) is 35.6 Å². The van der Waals surface area contributed by atoms with Gasteiger partial charge in [-0.05, 0) is 55.1 Å². The Labute approximate surface area is 318 Å². The molecule has 14 heteroatoms. The van der Waals surface area contributed by atoms with Crippen LogP contribution in [0.25, 0.3) is 33.4 Å². The van der Waals surface area contributed by atoms with Crippen LogP contribution in [-0.2, 0) is 31.0 Å². The Balaban J connectivity index is 1.36. The minimum absolute atomic E-state index is 0.0187. The molecular formula is C39H43BrN4O7SSi. The summed E-state index contributed by atoms with van der Waals surface area (Å²) in [6, 6.07) is 13.1. The Kier molecular flexibility index (Phi) is 9.67. The number of nitrogens with zero attached hydrogens (tertiary/aromatic N) is 4. The van der Waals surface area contributed by atoms with E-state index >= 15 is 0 Å². The SMILES string of the molecule is COc1nc(-c2cn(COCC[Si](C)(C)C)c3c2[C@@H]2C[C@@](OC)(CC(=O)[C@@H]2C)C3=O)cnc1-c1cn(S(=O)(=O)c2ccc(C)cc2)c2cc(Br)ccc12. The number of rotatable bonds is 11. The van der Waals surface area contributed by atoms with E-state index in [0.717, 1.165) is 17.2 Å². The molecule has 2 aliphatic rings. The summed E-state index contributed by atoms with van der Waals surface area (Å²) < 4.78 is 49.7. The van der Waals surface area contributed by atoms with Gasteiger partial charge in [-0.2, -0.15) is 0 Å². The lowest BCUT2D eigenvalue weighted by molar-refractivity contribution is -0.133. The predicted molar refractivity (Wildman–Crippen MR) is 209 cm³/mol. The average molecular weight is 820 g/mol. The van der Waals surface area contributed by atoms with Crippen molar-refractivity contribution >= 4 is 56.5 Å². The van der Waals surface area contributed by atoms with Crippen LogP contribution in [0.4, 0.5) is 0 Å². The maximum atomic E-state index is 14.3. The topological polar surface area (TPSA) is 132 Å². The summed E-state index contributed by atoms with van der Waals surface area (Å²) in [5.41, 5.74) is 3.33. The van der Waals surface area contributed by atoms with Crippen LogP contribution in [-0.4, -0.2) is 73.0 Å². The Morgan fingerprint density at radius 2 is 1.77 bits per heavy atom. The number of fused-ring (bicyclic) bond motifs is 5. The molecule has 0 unspecified atom stereocenters. The van der Waals surface area contributed by atoms with Crippen molar-refractivity contribution in [2.24, 2.45) is 5.92 Å². The summed E-state index contributed by atoms with van der Waals surface area (Å²) in [4.78, 5) is 37.6. The minimum atomic E-state index is -3.99. The monoisotopic (exact) mass is 818 g/mol. The zero-order valence-electron chi connectivity index (χ0n) is 30.9. The Morgan fingerprint density at radius 3 is 2.45 bits per heavy atom. The molecule has 5 aromatic rings. The zero-order chi connectivity index (χ0) is 38.0. The van der Waals surface area contributed by atoms with Gasteiger partial charge in [0.2, 0.25) is 11.7 Å². The molecule has 53 heavy (non-hydrogen) atoms. The molecule has 0 saturated heterocycles. The van der Waals surface area contributed by atoms with Gasteiger partial charge in [0.1, 0.15) is 23.8 Å². The van der Waals surface area contributed by atoms with Crippen molar-refractivity contribution in [1.29, 1.82) is 0 Å². The Morgan fingerprint density at radius 1 is 1.04 bits per heavy atom. The molecule has 2 bridgehead atoms. The van der Waals surface area contributed by atoms with E-state index in [9.17, 15) is 18.0 Å². The number of carbonyl (C=O) groups excluding carboxylic acids is 2. The number of ether oxygens (including phenoxy) is 3. The normalized spacial score (nSPS) is 20.2. The van der Waals surface area contributed by atoms with Gasteiger partial charge < -0.3 is 18.8 Å². The first-order chi connectivity index (χ1) is 25.1. The second-order valence-corrected chi connectivity index (χ2v) is 23.7. The molecule has 1 saturated carbocycles. The van der Waals surface area contributed by atoms with Gasteiger partial charge in [0.25, 0.3) is 10.0 Å². The van der Waals surface area contributed by atoms with Crippen LogP contribution in [0.1, 0.15) is 47.3 Å². The predicted octanol–water partition coefficient (Wildman–Crippen LogP) is 7.86. The lowest BCUT2D eigenvalue weighted by Gasteiger charge is -2.45. The molecule has 3 atom stereocenters. The van der Waals surface area contributed by atoms with Gasteiger partial charge in [-0.15, -0.1) is 0 Å². The van der Waals surface area contributed by atoms with E-state index < -0.39 is 23.7 Å². The molecule has 0 N–H and O–H groups in total. The summed E-state index contributed by atoms with van der Waals surface area (Å²) in [7, 11) is -2.36. The summed E-state index contributed by atoms with van der Waals surface area (Å²) in [5, 5.41) is 0.638. The van der Waals surface area contributed by atoms with Crippen LogP contribution in [0.3, 0.4) is 0 Å². The molecule has 2 aliphatic carbocycles. The van der Waals surface area contributed by atoms with E-state index in [4.69, 9.17) is 24.2 Å². The highest BCUT2D eigenvalue weighted by atomic mass is 79.9. The number of aryl methyl sites for hydroxylation is 1. The fourth-order valence-electron chi connectivity index (χ4n) is 7.52. The summed E-state index contributed by atoms with van der Waals surface area (Å²) >= 11 is 3.50. The summed E-state index contributed by atoms with van der Waals surface area (Å²) in [6.07, 6.45) is 5.43. The molecule has 0 spiro atoms. The fourth-order valence-corrected chi connectivity index (χ4v) is 9.99. The largest absolute Gasteiger partial charge is 0.479 e. The first-order valence-corrected chi connectivity index (χ1v) is 23.5. The van der Waals surface area contributed by atoms with Crippen molar-refractivity contribution in [3.8, 4) is 28.4 Å². The first-order valence-electron chi connectivity index (χ1n) is 17.6. The van der Waals surface area contributed by atoms with E-state index in [1.165, 1.54) is 18.2 Å². The van der Waals surface area contributed by atoms with Crippen molar-refractivity contribution in [3.63, 3.8) is 0 Å². The van der Waals surface area contributed by atoms with E-state index in [0.29, 0.717) is 56.6 Å². The smallest absolute Gasteiger partial charge is 0.268 e. The second-order valence-electron chi connectivity index (χ2n) is 15.3. The third kappa shape index (κ3) is 6.52. The van der Waals surface area contributed by atoms with Crippen LogP contribution in [0.5, 0.6) is 5.88 Å². The zero-order valence-corrected chi connectivity index (χ0v) is 34.3. The number of hydrogen-bond acceptors (Lipinski definition) is 9. The molecule has 0 amide bonds. The molecule has 278 valence electrons. The quantitative estimate of drug-likeness (QED) is 0.0966. The molecular weight excluding hydrogens is 777 g/mol. The number of aromatic nitrogens is 4.